The van der Waals surface area contributed by atoms with Crippen molar-refractivity contribution in [2.75, 3.05) is 4.90 Å². The van der Waals surface area contributed by atoms with Gasteiger partial charge in [-0.1, -0.05) is 66.7 Å². The second kappa shape index (κ2) is 12.8. The lowest BCUT2D eigenvalue weighted by Gasteiger charge is -2.26. The van der Waals surface area contributed by atoms with Crippen LogP contribution in [0.2, 0.25) is 0 Å². The monoisotopic (exact) mass is 679 g/mol. The molecule has 0 saturated heterocycles. The molecule has 53 heavy (non-hydrogen) atoms. The minimum atomic E-state index is 1.07. The Morgan fingerprint density at radius 3 is 1.70 bits per heavy atom. The largest absolute Gasteiger partial charge is 0.316 e. The lowest BCUT2D eigenvalue weighted by atomic mass is 10.0. The molecule has 5 nitrogen and oxygen atoms in total. The molecule has 10 aromatic rings. The quantitative estimate of drug-likeness (QED) is 0.168. The zero-order valence-corrected chi connectivity index (χ0v) is 28.8. The number of anilines is 3. The number of aromatic nitrogens is 4. The molecule has 0 bridgehead atoms. The molecule has 0 aliphatic heterocycles. The standard InChI is InChI=1S/C48H33N5/c1-3-9-39(10-4-1)51-29-25-37-30-44-45-31-43(21-22-46(45)53(48(44)32-47(37)51)40-11-5-2-6-12-40)52(41-17-13-34(14-18-41)36-23-27-49-28-24-36)42-19-15-35(16-20-42)38-8-7-26-50-33-38/h1-33H. The van der Waals surface area contributed by atoms with E-state index in [9.17, 15) is 0 Å². The van der Waals surface area contributed by atoms with Crippen molar-refractivity contribution in [3.63, 3.8) is 0 Å². The number of benzene rings is 6. The Kier molecular flexibility index (Phi) is 7.40. The van der Waals surface area contributed by atoms with Crippen molar-refractivity contribution in [1.29, 1.82) is 0 Å². The fourth-order valence-corrected chi connectivity index (χ4v) is 7.58. The molecular formula is C48H33N5. The van der Waals surface area contributed by atoms with E-state index in [-0.39, 0.29) is 0 Å². The van der Waals surface area contributed by atoms with Gasteiger partial charge in [0.1, 0.15) is 0 Å². The number of hydrogen-bond donors (Lipinski definition) is 0. The second-order valence-corrected chi connectivity index (χ2v) is 13.2. The fraction of sp³-hybridized carbons (Fsp3) is 0. The van der Waals surface area contributed by atoms with E-state index < -0.39 is 0 Å². The highest BCUT2D eigenvalue weighted by atomic mass is 15.1. The number of fused-ring (bicyclic) bond motifs is 4. The zero-order valence-electron chi connectivity index (χ0n) is 28.8. The highest BCUT2D eigenvalue weighted by Crippen LogP contribution is 2.42. The summed E-state index contributed by atoms with van der Waals surface area (Å²) < 4.78 is 4.67. The van der Waals surface area contributed by atoms with E-state index in [1.165, 1.54) is 27.2 Å². The minimum absolute atomic E-state index is 1.07. The lowest BCUT2D eigenvalue weighted by molar-refractivity contribution is 1.12. The number of nitrogens with zero attached hydrogens (tertiary/aromatic N) is 5. The molecule has 0 amide bonds. The molecular weight excluding hydrogens is 647 g/mol. The molecule has 0 aliphatic carbocycles. The minimum Gasteiger partial charge on any atom is -0.316 e. The molecule has 0 atom stereocenters. The Labute approximate surface area is 307 Å². The van der Waals surface area contributed by atoms with Crippen molar-refractivity contribution in [1.82, 2.24) is 19.1 Å². The molecule has 0 aliphatic rings. The van der Waals surface area contributed by atoms with E-state index in [0.717, 1.165) is 56.2 Å². The first-order valence-corrected chi connectivity index (χ1v) is 17.8. The molecule has 10 rings (SSSR count). The Morgan fingerprint density at radius 1 is 0.396 bits per heavy atom. The molecule has 250 valence electrons. The third-order valence-corrected chi connectivity index (χ3v) is 10.1. The summed E-state index contributed by atoms with van der Waals surface area (Å²) in [6.45, 7) is 0. The Balaban J connectivity index is 1.17. The third kappa shape index (κ3) is 5.43. The van der Waals surface area contributed by atoms with Crippen molar-refractivity contribution in [2.24, 2.45) is 0 Å². The van der Waals surface area contributed by atoms with E-state index in [1.807, 2.05) is 43.0 Å². The van der Waals surface area contributed by atoms with Crippen molar-refractivity contribution in [3.8, 4) is 33.6 Å². The summed E-state index contributed by atoms with van der Waals surface area (Å²) in [6, 6.07) is 60.7. The SMILES string of the molecule is c1ccc(-n2ccc3cc4c5cc(N(c6ccc(-c7ccncc7)cc6)c6ccc(-c7cccnc7)cc6)ccc5n(-c5ccccc5)c4cc32)cc1. The maximum absolute atomic E-state index is 4.34. The van der Waals surface area contributed by atoms with Gasteiger partial charge in [-0.25, -0.2) is 0 Å². The van der Waals surface area contributed by atoms with Gasteiger partial charge < -0.3 is 14.0 Å². The van der Waals surface area contributed by atoms with E-state index in [4.69, 9.17) is 0 Å². The zero-order chi connectivity index (χ0) is 35.1. The smallest absolute Gasteiger partial charge is 0.0562 e. The molecule has 5 heteroatoms. The van der Waals surface area contributed by atoms with E-state index in [1.54, 1.807) is 0 Å². The van der Waals surface area contributed by atoms with Gasteiger partial charge >= 0.3 is 0 Å². The molecule has 6 aromatic carbocycles. The Hall–Kier alpha value is -7.24. The topological polar surface area (TPSA) is 38.9 Å². The predicted octanol–water partition coefficient (Wildman–Crippen LogP) is 12.3. The van der Waals surface area contributed by atoms with Crippen molar-refractivity contribution in [2.45, 2.75) is 0 Å². The molecule has 4 aromatic heterocycles. The van der Waals surface area contributed by atoms with Gasteiger partial charge in [0, 0.05) is 75.6 Å². The second-order valence-electron chi connectivity index (χ2n) is 13.2. The number of hydrogen-bond acceptors (Lipinski definition) is 3. The van der Waals surface area contributed by atoms with Crippen molar-refractivity contribution < 1.29 is 0 Å². The van der Waals surface area contributed by atoms with E-state index in [2.05, 4.69) is 182 Å². The summed E-state index contributed by atoms with van der Waals surface area (Å²) in [5, 5.41) is 3.61. The van der Waals surface area contributed by atoms with Crippen LogP contribution in [-0.4, -0.2) is 19.1 Å². The van der Waals surface area contributed by atoms with Gasteiger partial charge in [-0.15, -0.1) is 0 Å². The molecule has 0 N–H and O–H groups in total. The summed E-state index contributed by atoms with van der Waals surface area (Å²) in [6.07, 6.45) is 9.57. The Morgan fingerprint density at radius 2 is 1.02 bits per heavy atom. The first-order chi connectivity index (χ1) is 26.3. The van der Waals surface area contributed by atoms with Crippen LogP contribution in [-0.2, 0) is 0 Å². The summed E-state index contributed by atoms with van der Waals surface area (Å²) in [7, 11) is 0. The Bertz CT molecular complexity index is 2760. The van der Waals surface area contributed by atoms with Crippen LogP contribution in [0.25, 0.3) is 66.3 Å². The number of rotatable bonds is 7. The van der Waals surface area contributed by atoms with Crippen LogP contribution in [0, 0.1) is 0 Å². The molecule has 0 spiro atoms. The molecule has 0 radical (unpaired) electrons. The first-order valence-electron chi connectivity index (χ1n) is 17.8. The van der Waals surface area contributed by atoms with Crippen LogP contribution >= 0.6 is 0 Å². The first kappa shape index (κ1) is 30.6. The van der Waals surface area contributed by atoms with Crippen molar-refractivity contribution in [3.05, 3.63) is 201 Å². The average Bonchev–Trinajstić information content (AvgIpc) is 3.80. The van der Waals surface area contributed by atoms with Gasteiger partial charge in [-0.2, -0.15) is 0 Å². The summed E-state index contributed by atoms with van der Waals surface area (Å²) >= 11 is 0. The van der Waals surface area contributed by atoms with E-state index in [0.29, 0.717) is 0 Å². The van der Waals surface area contributed by atoms with Crippen LogP contribution in [0.4, 0.5) is 17.1 Å². The fourth-order valence-electron chi connectivity index (χ4n) is 7.58. The normalized spacial score (nSPS) is 11.4. The van der Waals surface area contributed by atoms with Gasteiger partial charge in [-0.3, -0.25) is 9.97 Å². The van der Waals surface area contributed by atoms with E-state index >= 15 is 0 Å². The molecule has 0 unspecified atom stereocenters. The van der Waals surface area contributed by atoms with Crippen LogP contribution in [0.3, 0.4) is 0 Å². The maximum atomic E-state index is 4.34. The highest BCUT2D eigenvalue weighted by molar-refractivity contribution is 6.14. The van der Waals surface area contributed by atoms with Gasteiger partial charge in [-0.05, 0) is 125 Å². The molecule has 4 heterocycles. The summed E-state index contributed by atoms with van der Waals surface area (Å²) in [4.78, 5) is 10.9. The van der Waals surface area contributed by atoms with Crippen LogP contribution in [0.1, 0.15) is 0 Å². The van der Waals surface area contributed by atoms with Crippen LogP contribution in [0.15, 0.2) is 201 Å². The average molecular weight is 680 g/mol. The van der Waals surface area contributed by atoms with Gasteiger partial charge in [0.25, 0.3) is 0 Å². The maximum Gasteiger partial charge on any atom is 0.0562 e. The third-order valence-electron chi connectivity index (χ3n) is 10.1. The van der Waals surface area contributed by atoms with Crippen LogP contribution < -0.4 is 4.90 Å². The number of para-hydroxylation sites is 2. The van der Waals surface area contributed by atoms with Crippen LogP contribution in [0.5, 0.6) is 0 Å². The summed E-state index contributed by atoms with van der Waals surface area (Å²) in [5.74, 6) is 0. The number of pyridine rings is 2. The molecule has 0 saturated carbocycles. The predicted molar refractivity (Wildman–Crippen MR) is 219 cm³/mol. The molecule has 0 fully saturated rings. The summed E-state index contributed by atoms with van der Waals surface area (Å²) in [5.41, 5.74) is 13.5. The van der Waals surface area contributed by atoms with Crippen molar-refractivity contribution >= 4 is 49.8 Å². The van der Waals surface area contributed by atoms with Gasteiger partial charge in [0.2, 0.25) is 0 Å². The van der Waals surface area contributed by atoms with Gasteiger partial charge in [0.05, 0.1) is 16.6 Å². The highest BCUT2D eigenvalue weighted by Gasteiger charge is 2.19. The lowest BCUT2D eigenvalue weighted by Crippen LogP contribution is -2.10. The van der Waals surface area contributed by atoms with Gasteiger partial charge in [0.15, 0.2) is 0 Å².